The highest BCUT2D eigenvalue weighted by molar-refractivity contribution is 5.68. The van der Waals surface area contributed by atoms with E-state index in [9.17, 15) is 4.79 Å². The lowest BCUT2D eigenvalue weighted by Crippen LogP contribution is -2.52. The van der Waals surface area contributed by atoms with Gasteiger partial charge in [0.1, 0.15) is 6.61 Å². The largest absolute Gasteiger partial charge is 0.445 e. The van der Waals surface area contributed by atoms with Gasteiger partial charge in [-0.05, 0) is 12.5 Å². The molecule has 0 spiro atoms. The fraction of sp³-hybridized carbons (Fsp3) is 0.462. The maximum absolute atomic E-state index is 11.8. The Hall–Kier alpha value is -1.55. The van der Waals surface area contributed by atoms with E-state index < -0.39 is 0 Å². The third-order valence-corrected chi connectivity index (χ3v) is 2.69. The molecule has 1 amide bonds. The average molecular weight is 236 g/mol. The third kappa shape index (κ3) is 4.07. The fourth-order valence-electron chi connectivity index (χ4n) is 1.67. The number of carbonyl (C=O) groups excluding carboxylic acids is 1. The number of rotatable bonds is 4. The zero-order chi connectivity index (χ0) is 12.7. The molecule has 1 N–H and O–H groups in total. The Labute approximate surface area is 103 Å². The van der Waals surface area contributed by atoms with Crippen LogP contribution in [0.1, 0.15) is 6.92 Å². The summed E-state index contributed by atoms with van der Waals surface area (Å²) < 4.78 is 5.23. The number of allylic oxidation sites excluding steroid dienone is 2. The molecule has 0 aromatic rings. The molecule has 1 aliphatic heterocycles. The van der Waals surface area contributed by atoms with Crippen molar-refractivity contribution in [2.45, 2.75) is 13.0 Å². The normalized spacial score (nSPS) is 20.9. The van der Waals surface area contributed by atoms with Gasteiger partial charge in [-0.15, -0.1) is 0 Å². The van der Waals surface area contributed by atoms with E-state index in [1.807, 2.05) is 6.92 Å². The van der Waals surface area contributed by atoms with Crippen molar-refractivity contribution in [2.75, 3.05) is 26.2 Å². The first-order valence-electron chi connectivity index (χ1n) is 5.77. The highest BCUT2D eigenvalue weighted by Gasteiger charge is 2.23. The molecule has 1 heterocycles. The van der Waals surface area contributed by atoms with Crippen LogP contribution in [0.15, 0.2) is 37.0 Å². The van der Waals surface area contributed by atoms with E-state index in [0.29, 0.717) is 6.54 Å². The molecule has 0 bridgehead atoms. The first-order chi connectivity index (χ1) is 8.19. The number of carbonyl (C=O) groups is 1. The molecule has 0 aromatic heterocycles. The van der Waals surface area contributed by atoms with Gasteiger partial charge in [0.15, 0.2) is 0 Å². The summed E-state index contributed by atoms with van der Waals surface area (Å²) in [5.74, 6) is 0. The van der Waals surface area contributed by atoms with Crippen LogP contribution in [-0.2, 0) is 4.74 Å². The monoisotopic (exact) mass is 236 g/mol. The molecule has 0 aliphatic carbocycles. The van der Waals surface area contributed by atoms with Crippen LogP contribution < -0.4 is 5.32 Å². The minimum absolute atomic E-state index is 0.173. The fourth-order valence-corrected chi connectivity index (χ4v) is 1.67. The second-order valence-electron chi connectivity index (χ2n) is 3.98. The SMILES string of the molecule is C=C/C=C(\C=C)COC(=O)N1CCNCC1C. The quantitative estimate of drug-likeness (QED) is 0.756. The van der Waals surface area contributed by atoms with Crippen LogP contribution >= 0.6 is 0 Å². The zero-order valence-corrected chi connectivity index (χ0v) is 10.3. The average Bonchev–Trinajstić information content (AvgIpc) is 2.34. The van der Waals surface area contributed by atoms with Gasteiger partial charge >= 0.3 is 6.09 Å². The second-order valence-corrected chi connectivity index (χ2v) is 3.98. The number of nitrogens with one attached hydrogen (secondary N) is 1. The minimum Gasteiger partial charge on any atom is -0.445 e. The van der Waals surface area contributed by atoms with Crippen molar-refractivity contribution < 1.29 is 9.53 Å². The van der Waals surface area contributed by atoms with Crippen molar-refractivity contribution >= 4 is 6.09 Å². The highest BCUT2D eigenvalue weighted by Crippen LogP contribution is 2.06. The van der Waals surface area contributed by atoms with Gasteiger partial charge in [-0.25, -0.2) is 4.79 Å². The predicted molar refractivity (Wildman–Crippen MR) is 68.9 cm³/mol. The van der Waals surface area contributed by atoms with Crippen LogP contribution in [0.3, 0.4) is 0 Å². The Morgan fingerprint density at radius 2 is 2.35 bits per heavy atom. The number of nitrogens with zero attached hydrogens (tertiary/aromatic N) is 1. The number of hydrogen-bond acceptors (Lipinski definition) is 3. The van der Waals surface area contributed by atoms with Gasteiger partial charge < -0.3 is 15.0 Å². The number of piperazine rings is 1. The lowest BCUT2D eigenvalue weighted by atomic mass is 10.2. The summed E-state index contributed by atoms with van der Waals surface area (Å²) in [5.41, 5.74) is 0.844. The first-order valence-corrected chi connectivity index (χ1v) is 5.77. The van der Waals surface area contributed by atoms with Crippen molar-refractivity contribution in [3.05, 3.63) is 37.0 Å². The molecule has 94 valence electrons. The first kappa shape index (κ1) is 13.5. The zero-order valence-electron chi connectivity index (χ0n) is 10.3. The summed E-state index contributed by atoms with van der Waals surface area (Å²) in [6, 6.07) is 0.173. The molecule has 1 rings (SSSR count). The van der Waals surface area contributed by atoms with Crippen LogP contribution in [-0.4, -0.2) is 43.3 Å². The summed E-state index contributed by atoms with van der Waals surface area (Å²) in [4.78, 5) is 13.6. The molecule has 1 aliphatic rings. The molecule has 0 saturated carbocycles. The lowest BCUT2D eigenvalue weighted by Gasteiger charge is -2.33. The molecule has 4 nitrogen and oxygen atoms in total. The maximum atomic E-state index is 11.8. The van der Waals surface area contributed by atoms with Crippen molar-refractivity contribution in [2.24, 2.45) is 0 Å². The van der Waals surface area contributed by atoms with Crippen LogP contribution in [0, 0.1) is 0 Å². The summed E-state index contributed by atoms with van der Waals surface area (Å²) >= 11 is 0. The van der Waals surface area contributed by atoms with Gasteiger partial charge in [-0.3, -0.25) is 0 Å². The van der Waals surface area contributed by atoms with E-state index in [1.165, 1.54) is 0 Å². The molecule has 1 fully saturated rings. The van der Waals surface area contributed by atoms with Gasteiger partial charge in [0.25, 0.3) is 0 Å². The van der Waals surface area contributed by atoms with Gasteiger partial charge in [-0.1, -0.05) is 31.4 Å². The van der Waals surface area contributed by atoms with Gasteiger partial charge in [0.2, 0.25) is 0 Å². The van der Waals surface area contributed by atoms with Gasteiger partial charge in [0.05, 0.1) is 0 Å². The Balaban J connectivity index is 2.45. The Bertz CT molecular complexity index is 323. The minimum atomic E-state index is -0.268. The summed E-state index contributed by atoms with van der Waals surface area (Å²) in [6.45, 7) is 11.8. The van der Waals surface area contributed by atoms with Crippen LogP contribution in [0.2, 0.25) is 0 Å². The third-order valence-electron chi connectivity index (χ3n) is 2.69. The smallest absolute Gasteiger partial charge is 0.410 e. The van der Waals surface area contributed by atoms with Crippen LogP contribution in [0.5, 0.6) is 0 Å². The van der Waals surface area contributed by atoms with E-state index in [1.54, 1.807) is 23.1 Å². The second kappa shape index (κ2) is 6.91. The Kier molecular flexibility index (Phi) is 5.49. The number of hydrogen-bond donors (Lipinski definition) is 1. The van der Waals surface area contributed by atoms with Crippen molar-refractivity contribution in [1.82, 2.24) is 10.2 Å². The molecular weight excluding hydrogens is 216 g/mol. The Morgan fingerprint density at radius 3 is 2.94 bits per heavy atom. The van der Waals surface area contributed by atoms with Crippen LogP contribution in [0.25, 0.3) is 0 Å². The van der Waals surface area contributed by atoms with E-state index in [2.05, 4.69) is 18.5 Å². The molecule has 1 unspecified atom stereocenters. The maximum Gasteiger partial charge on any atom is 0.410 e. The van der Waals surface area contributed by atoms with E-state index in [-0.39, 0.29) is 18.7 Å². The van der Waals surface area contributed by atoms with Crippen molar-refractivity contribution in [1.29, 1.82) is 0 Å². The van der Waals surface area contributed by atoms with Crippen molar-refractivity contribution in [3.63, 3.8) is 0 Å². The lowest BCUT2D eigenvalue weighted by molar-refractivity contribution is 0.0883. The highest BCUT2D eigenvalue weighted by atomic mass is 16.6. The van der Waals surface area contributed by atoms with Gasteiger partial charge in [0, 0.05) is 25.7 Å². The van der Waals surface area contributed by atoms with Crippen LogP contribution in [0.4, 0.5) is 4.79 Å². The molecule has 1 atom stereocenters. The summed E-state index contributed by atoms with van der Waals surface area (Å²) in [6.07, 6.45) is 4.83. The number of amides is 1. The summed E-state index contributed by atoms with van der Waals surface area (Å²) in [7, 11) is 0. The molecular formula is C13H20N2O2. The molecule has 1 saturated heterocycles. The standard InChI is InChI=1S/C13H20N2O2/c1-4-6-12(5-2)10-17-13(16)15-8-7-14-9-11(15)3/h4-6,11,14H,1-2,7-10H2,3H3/b12-6+. The van der Waals surface area contributed by atoms with E-state index in [4.69, 9.17) is 4.74 Å². The topological polar surface area (TPSA) is 41.6 Å². The summed E-state index contributed by atoms with van der Waals surface area (Å²) in [5, 5.41) is 3.23. The van der Waals surface area contributed by atoms with Gasteiger partial charge in [-0.2, -0.15) is 0 Å². The molecule has 0 radical (unpaired) electrons. The molecule has 4 heteroatoms. The van der Waals surface area contributed by atoms with E-state index in [0.717, 1.165) is 18.7 Å². The molecule has 0 aromatic carbocycles. The number of ether oxygens (including phenoxy) is 1. The van der Waals surface area contributed by atoms with Crippen molar-refractivity contribution in [3.8, 4) is 0 Å². The Morgan fingerprint density at radius 1 is 1.59 bits per heavy atom. The predicted octanol–water partition coefficient (Wildman–Crippen LogP) is 1.72. The molecule has 17 heavy (non-hydrogen) atoms. The van der Waals surface area contributed by atoms with E-state index >= 15 is 0 Å².